The number of ether oxygens (including phenoxy) is 2. The normalized spacial score (nSPS) is 17.1. The molecule has 350 valence electrons. The average Bonchev–Trinajstić information content (AvgIpc) is 3.59. The number of hydrogen-bond donors (Lipinski definition) is 0. The van der Waals surface area contributed by atoms with Gasteiger partial charge in [-0.3, -0.25) is 9.59 Å². The largest absolute Gasteiger partial charge is 0.462 e. The molecule has 3 unspecified atom stereocenters. The van der Waals surface area contributed by atoms with Crippen molar-refractivity contribution in [3.8, 4) is 0 Å². The highest BCUT2D eigenvalue weighted by Gasteiger charge is 2.39. The molecule has 0 aromatic carbocycles. The molecule has 0 N–H and O–H groups in total. The van der Waals surface area contributed by atoms with E-state index in [1.165, 1.54) is 167 Å². The van der Waals surface area contributed by atoms with Crippen molar-refractivity contribution >= 4 is 11.9 Å². The summed E-state index contributed by atoms with van der Waals surface area (Å²) in [4.78, 5) is 28.5. The number of hydrogen-bond acceptors (Lipinski definition) is 5. The van der Waals surface area contributed by atoms with Gasteiger partial charge in [-0.15, -0.1) is 0 Å². The zero-order valence-corrected chi connectivity index (χ0v) is 40.7. The van der Waals surface area contributed by atoms with Crippen molar-refractivity contribution in [3.63, 3.8) is 0 Å². The number of allylic oxidation sites excluding steroid dienone is 6. The van der Waals surface area contributed by atoms with Gasteiger partial charge in [0.2, 0.25) is 0 Å². The summed E-state index contributed by atoms with van der Waals surface area (Å²) in [5.74, 6) is 0.251. The molecule has 1 rings (SSSR count). The van der Waals surface area contributed by atoms with Crippen LogP contribution < -0.4 is 0 Å². The lowest BCUT2D eigenvalue weighted by molar-refractivity contribution is -0.152. The molecule has 0 heterocycles. The Bertz CT molecular complexity index is 1010. The minimum atomic E-state index is -0.103. The van der Waals surface area contributed by atoms with Crippen molar-refractivity contribution in [1.82, 2.24) is 4.90 Å². The van der Waals surface area contributed by atoms with Crippen LogP contribution in [0.5, 0.6) is 0 Å². The molecule has 0 aromatic heterocycles. The summed E-state index contributed by atoms with van der Waals surface area (Å²) in [5.41, 5.74) is 0. The summed E-state index contributed by atoms with van der Waals surface area (Å²) in [6.45, 7) is 7.60. The highest BCUT2D eigenvalue weighted by atomic mass is 16.5. The van der Waals surface area contributed by atoms with E-state index >= 15 is 0 Å². The predicted molar refractivity (Wildman–Crippen MR) is 261 cm³/mol. The van der Waals surface area contributed by atoms with Crippen molar-refractivity contribution in [1.29, 1.82) is 0 Å². The Labute approximate surface area is 374 Å². The van der Waals surface area contributed by atoms with Crippen LogP contribution in [-0.4, -0.2) is 49.7 Å². The fourth-order valence-corrected chi connectivity index (χ4v) is 8.99. The molecule has 0 saturated heterocycles. The van der Waals surface area contributed by atoms with Crippen molar-refractivity contribution in [2.75, 3.05) is 20.6 Å². The van der Waals surface area contributed by atoms with Crippen LogP contribution in [0.2, 0.25) is 0 Å². The average molecular weight is 840 g/mol. The van der Waals surface area contributed by atoms with Crippen LogP contribution >= 0.6 is 0 Å². The smallest absolute Gasteiger partial charge is 0.306 e. The lowest BCUT2D eigenvalue weighted by atomic mass is 9.88. The van der Waals surface area contributed by atoms with E-state index in [0.29, 0.717) is 12.8 Å². The van der Waals surface area contributed by atoms with Crippen LogP contribution in [-0.2, 0) is 19.1 Å². The van der Waals surface area contributed by atoms with E-state index in [-0.39, 0.29) is 36.0 Å². The van der Waals surface area contributed by atoms with Crippen LogP contribution in [0.3, 0.4) is 0 Å². The SMILES string of the molecule is CC/C=C\CC1C(CC(=O)OC(CCCCCCCC/C=C\CCCCCCCC)CCCCCCCC/C=C\CCCCCCCC)CCC1OC(=O)CCCN(C)C. The molecule has 1 aliphatic carbocycles. The highest BCUT2D eigenvalue weighted by molar-refractivity contribution is 5.70. The zero-order chi connectivity index (χ0) is 43.6. The number of rotatable bonds is 43. The van der Waals surface area contributed by atoms with E-state index in [9.17, 15) is 9.59 Å². The molecular formula is C55H101NO4. The number of carbonyl (C=O) groups excluding carboxylic acids is 2. The van der Waals surface area contributed by atoms with Crippen molar-refractivity contribution in [3.05, 3.63) is 36.5 Å². The van der Waals surface area contributed by atoms with E-state index in [0.717, 1.165) is 64.3 Å². The third kappa shape index (κ3) is 34.7. The van der Waals surface area contributed by atoms with Crippen molar-refractivity contribution in [2.24, 2.45) is 11.8 Å². The van der Waals surface area contributed by atoms with E-state index in [1.54, 1.807) is 0 Å². The number of esters is 2. The van der Waals surface area contributed by atoms with Crippen LogP contribution in [0.1, 0.15) is 258 Å². The molecule has 0 radical (unpaired) electrons. The van der Waals surface area contributed by atoms with Gasteiger partial charge < -0.3 is 14.4 Å². The number of unbranched alkanes of at least 4 members (excludes halogenated alkanes) is 24. The summed E-state index contributed by atoms with van der Waals surface area (Å²) < 4.78 is 12.4. The maximum absolute atomic E-state index is 13.6. The Balaban J connectivity index is 2.52. The van der Waals surface area contributed by atoms with E-state index in [1.807, 2.05) is 14.1 Å². The topological polar surface area (TPSA) is 55.8 Å². The summed E-state index contributed by atoms with van der Waals surface area (Å²) in [5, 5.41) is 0. The fourth-order valence-electron chi connectivity index (χ4n) is 8.99. The Morgan fingerprint density at radius 3 is 1.43 bits per heavy atom. The Morgan fingerprint density at radius 1 is 0.533 bits per heavy atom. The van der Waals surface area contributed by atoms with Gasteiger partial charge in [0.15, 0.2) is 0 Å². The minimum absolute atomic E-state index is 0.0243. The van der Waals surface area contributed by atoms with Crippen LogP contribution in [0, 0.1) is 11.8 Å². The zero-order valence-electron chi connectivity index (χ0n) is 40.7. The van der Waals surface area contributed by atoms with Gasteiger partial charge in [0.1, 0.15) is 12.2 Å². The molecule has 1 fully saturated rings. The summed E-state index contributed by atoms with van der Waals surface area (Å²) in [6, 6.07) is 0. The molecule has 0 spiro atoms. The fraction of sp³-hybridized carbons (Fsp3) is 0.855. The molecule has 5 nitrogen and oxygen atoms in total. The second-order valence-corrected chi connectivity index (χ2v) is 18.8. The quantitative estimate of drug-likeness (QED) is 0.0348. The first-order chi connectivity index (χ1) is 29.4. The van der Waals surface area contributed by atoms with Gasteiger partial charge in [-0.25, -0.2) is 0 Å². The van der Waals surface area contributed by atoms with Crippen LogP contribution in [0.15, 0.2) is 36.5 Å². The van der Waals surface area contributed by atoms with Crippen molar-refractivity contribution < 1.29 is 19.1 Å². The van der Waals surface area contributed by atoms with Crippen molar-refractivity contribution in [2.45, 2.75) is 271 Å². The van der Waals surface area contributed by atoms with Gasteiger partial charge in [0, 0.05) is 18.8 Å². The molecule has 0 aromatic rings. The van der Waals surface area contributed by atoms with Gasteiger partial charge in [-0.2, -0.15) is 0 Å². The molecule has 0 bridgehead atoms. The maximum Gasteiger partial charge on any atom is 0.306 e. The Morgan fingerprint density at radius 2 is 0.983 bits per heavy atom. The minimum Gasteiger partial charge on any atom is -0.462 e. The summed E-state index contributed by atoms with van der Waals surface area (Å²) in [6.07, 6.45) is 57.9. The lowest BCUT2D eigenvalue weighted by Gasteiger charge is -2.25. The molecule has 0 amide bonds. The summed E-state index contributed by atoms with van der Waals surface area (Å²) >= 11 is 0. The standard InChI is InChI=1S/C55H101NO4/c1-6-9-12-14-16-18-20-22-24-26-28-30-32-34-36-39-42-51(43-40-37-35-33-31-29-27-25-23-21-19-17-15-13-10-7-2)59-55(58)49-50-46-47-53(52(50)44-38-11-8-3)60-54(57)45-41-48-56(4)5/h11,22-25,38,50-53H,6-10,12-21,26-37,39-49H2,1-5H3/b24-22-,25-23-,38-11-. The summed E-state index contributed by atoms with van der Waals surface area (Å²) in [7, 11) is 4.07. The van der Waals surface area contributed by atoms with E-state index in [2.05, 4.69) is 62.1 Å². The molecule has 1 saturated carbocycles. The lowest BCUT2D eigenvalue weighted by Crippen LogP contribution is -2.27. The van der Waals surface area contributed by atoms with Crippen LogP contribution in [0.25, 0.3) is 0 Å². The van der Waals surface area contributed by atoms with Gasteiger partial charge in [0.05, 0.1) is 0 Å². The van der Waals surface area contributed by atoms with Gasteiger partial charge in [-0.1, -0.05) is 173 Å². The monoisotopic (exact) mass is 840 g/mol. The molecule has 3 atom stereocenters. The first kappa shape index (κ1) is 56.1. The third-order valence-corrected chi connectivity index (χ3v) is 12.8. The third-order valence-electron chi connectivity index (χ3n) is 12.8. The Hall–Kier alpha value is -1.88. The first-order valence-corrected chi connectivity index (χ1v) is 26.4. The second kappa shape index (κ2) is 42.4. The molecule has 5 heteroatoms. The van der Waals surface area contributed by atoms with Gasteiger partial charge >= 0.3 is 11.9 Å². The molecule has 0 aliphatic heterocycles. The molecule has 1 aliphatic rings. The molecular weight excluding hydrogens is 739 g/mol. The predicted octanol–water partition coefficient (Wildman–Crippen LogP) is 16.8. The molecule has 60 heavy (non-hydrogen) atoms. The highest BCUT2D eigenvalue weighted by Crippen LogP contribution is 2.39. The second-order valence-electron chi connectivity index (χ2n) is 18.8. The Kier molecular flexibility index (Phi) is 39.7. The van der Waals surface area contributed by atoms with Gasteiger partial charge in [-0.05, 0) is 136 Å². The van der Waals surface area contributed by atoms with E-state index < -0.39 is 0 Å². The number of nitrogens with zero attached hydrogens (tertiary/aromatic N) is 1. The maximum atomic E-state index is 13.6. The number of carbonyl (C=O) groups is 2. The van der Waals surface area contributed by atoms with Crippen LogP contribution in [0.4, 0.5) is 0 Å². The first-order valence-electron chi connectivity index (χ1n) is 26.4. The van der Waals surface area contributed by atoms with E-state index in [4.69, 9.17) is 9.47 Å². The van der Waals surface area contributed by atoms with Gasteiger partial charge in [0.25, 0.3) is 0 Å².